The Morgan fingerprint density at radius 1 is 0.514 bits per heavy atom. The second-order valence-corrected chi connectivity index (χ2v) is 20.5. The molecule has 6 aromatic rings. The van der Waals surface area contributed by atoms with Crippen LogP contribution in [0.2, 0.25) is 0 Å². The molecule has 394 valence electrons. The van der Waals surface area contributed by atoms with E-state index in [1.165, 1.54) is 23.5 Å². The van der Waals surface area contributed by atoms with Crippen molar-refractivity contribution in [3.8, 4) is 34.4 Å². The van der Waals surface area contributed by atoms with Gasteiger partial charge in [-0.25, -0.2) is 19.2 Å². The standard InChI is InChI=1S/C54H68N10O8S2/c1-7-73-45(49-61-59-47(71-49)37-25-29-39(30-26-37)57-53(67)55-33-17-9-11-19-35-63(3)4)41-21-13-15-23-43(41)69-51(65)52(66)70-44-24-16-14-22-42(44)46(74-8-2)50-62-60-48(72-50)38-27-31-40(32-28-38)58-54(68)56-34-18-10-12-20-36-64(5)6/h13-16,21-32,45-46H,7-12,17-20,33-36H2,1-6H3,(H2,55,57,67)(H2,56,58,68). The number of para-hydroxylation sites is 2. The first-order valence-corrected chi connectivity index (χ1v) is 27.1. The fourth-order valence-electron chi connectivity index (χ4n) is 7.66. The summed E-state index contributed by atoms with van der Waals surface area (Å²) in [6.07, 6.45) is 8.46. The van der Waals surface area contributed by atoms with Gasteiger partial charge in [-0.2, -0.15) is 0 Å². The molecule has 2 unspecified atom stereocenters. The van der Waals surface area contributed by atoms with E-state index in [-0.39, 0.29) is 47.1 Å². The number of ether oxygens (including phenoxy) is 2. The number of rotatable bonds is 28. The summed E-state index contributed by atoms with van der Waals surface area (Å²) < 4.78 is 23.9. The lowest BCUT2D eigenvalue weighted by Crippen LogP contribution is -2.29. The number of aromatic nitrogens is 4. The van der Waals surface area contributed by atoms with E-state index in [1.807, 2.05) is 13.8 Å². The number of benzene rings is 4. The van der Waals surface area contributed by atoms with Crippen LogP contribution in [0.15, 0.2) is 106 Å². The molecule has 74 heavy (non-hydrogen) atoms. The van der Waals surface area contributed by atoms with Gasteiger partial charge in [0.1, 0.15) is 22.0 Å². The molecule has 4 N–H and O–H groups in total. The lowest BCUT2D eigenvalue weighted by molar-refractivity contribution is -0.156. The predicted octanol–water partition coefficient (Wildman–Crippen LogP) is 10.5. The van der Waals surface area contributed by atoms with E-state index in [2.05, 4.69) is 79.7 Å². The van der Waals surface area contributed by atoms with Crippen molar-refractivity contribution in [1.29, 1.82) is 0 Å². The SMILES string of the molecule is CCSC(c1nnc(-c2ccc(NC(=O)NCCCCCCN(C)C)cc2)o1)c1ccccc1OC(=O)C(=O)Oc1ccccc1C(SCC)c1nnc(-c2ccc(NC(=O)NCCCCCCN(C)C)cc2)o1. The number of unbranched alkanes of at least 4 members (excludes halogenated alkanes) is 6. The number of nitrogens with zero attached hydrogens (tertiary/aromatic N) is 6. The maximum Gasteiger partial charge on any atom is 0.423 e. The molecular formula is C54H68N10O8S2. The van der Waals surface area contributed by atoms with E-state index >= 15 is 0 Å². The minimum absolute atomic E-state index is 0.119. The molecule has 2 atom stereocenters. The first kappa shape index (κ1) is 56.6. The summed E-state index contributed by atoms with van der Waals surface area (Å²) >= 11 is 2.96. The Kier molecular flexibility index (Phi) is 22.8. The summed E-state index contributed by atoms with van der Waals surface area (Å²) in [5.74, 6) is 0.0954. The number of hydrogen-bond donors (Lipinski definition) is 4. The fourth-order valence-corrected chi connectivity index (χ4v) is 9.55. The molecule has 0 fully saturated rings. The van der Waals surface area contributed by atoms with Crippen molar-refractivity contribution in [2.75, 3.05) is 76.5 Å². The van der Waals surface area contributed by atoms with Crippen molar-refractivity contribution in [1.82, 2.24) is 40.8 Å². The number of thioether (sulfide) groups is 2. The highest BCUT2D eigenvalue weighted by molar-refractivity contribution is 7.99. The molecule has 2 heterocycles. The highest BCUT2D eigenvalue weighted by Crippen LogP contribution is 2.42. The molecule has 0 radical (unpaired) electrons. The molecule has 0 aliphatic carbocycles. The average Bonchev–Trinajstić information content (AvgIpc) is 4.09. The van der Waals surface area contributed by atoms with Crippen molar-refractivity contribution < 1.29 is 37.5 Å². The molecule has 4 amide bonds. The molecule has 0 saturated heterocycles. The minimum Gasteiger partial charge on any atom is -0.419 e. The first-order valence-electron chi connectivity index (χ1n) is 25.0. The molecule has 0 bridgehead atoms. The fraction of sp³-hybridized carbons (Fsp3) is 0.407. The molecule has 0 aliphatic heterocycles. The zero-order valence-corrected chi connectivity index (χ0v) is 44.7. The highest BCUT2D eigenvalue weighted by atomic mass is 32.2. The normalized spacial score (nSPS) is 12.1. The minimum atomic E-state index is -1.24. The molecular weight excluding hydrogens is 981 g/mol. The largest absolute Gasteiger partial charge is 0.423 e. The molecule has 6 rings (SSSR count). The molecule has 4 aromatic carbocycles. The van der Waals surface area contributed by atoms with E-state index in [9.17, 15) is 19.2 Å². The number of carbonyl (C=O) groups excluding carboxylic acids is 4. The van der Waals surface area contributed by atoms with Crippen LogP contribution in [-0.2, 0) is 9.59 Å². The van der Waals surface area contributed by atoms with Gasteiger partial charge in [0, 0.05) is 46.7 Å². The summed E-state index contributed by atoms with van der Waals surface area (Å²) in [7, 11) is 8.27. The number of carbonyl (C=O) groups is 4. The zero-order chi connectivity index (χ0) is 52.7. The second kappa shape index (κ2) is 29.8. The van der Waals surface area contributed by atoms with Gasteiger partial charge in [0.2, 0.25) is 23.6 Å². The molecule has 0 spiro atoms. The van der Waals surface area contributed by atoms with Crippen molar-refractivity contribution in [2.45, 2.75) is 75.7 Å². The molecule has 20 heteroatoms. The third-order valence-electron chi connectivity index (χ3n) is 11.4. The zero-order valence-electron chi connectivity index (χ0n) is 43.1. The Morgan fingerprint density at radius 3 is 1.27 bits per heavy atom. The molecule has 0 aliphatic rings. The average molecular weight is 1050 g/mol. The molecule has 18 nitrogen and oxygen atoms in total. The predicted molar refractivity (Wildman–Crippen MR) is 292 cm³/mol. The van der Waals surface area contributed by atoms with Gasteiger partial charge in [-0.15, -0.1) is 43.9 Å². The number of hydrogen-bond acceptors (Lipinski definition) is 16. The summed E-state index contributed by atoms with van der Waals surface area (Å²) in [6, 6.07) is 27.3. The summed E-state index contributed by atoms with van der Waals surface area (Å²) in [5, 5.41) is 27.8. The lowest BCUT2D eigenvalue weighted by atomic mass is 10.1. The third-order valence-corrected chi connectivity index (χ3v) is 13.6. The summed E-state index contributed by atoms with van der Waals surface area (Å²) in [6.45, 7) is 7.26. The highest BCUT2D eigenvalue weighted by Gasteiger charge is 2.30. The van der Waals surface area contributed by atoms with Crippen LogP contribution in [-0.4, -0.2) is 120 Å². The Bertz CT molecular complexity index is 2510. The van der Waals surface area contributed by atoms with Gasteiger partial charge >= 0.3 is 24.0 Å². The van der Waals surface area contributed by atoms with Crippen molar-refractivity contribution >= 4 is 58.9 Å². The lowest BCUT2D eigenvalue weighted by Gasteiger charge is -2.17. The van der Waals surface area contributed by atoms with E-state index < -0.39 is 22.4 Å². The van der Waals surface area contributed by atoms with Gasteiger partial charge in [-0.1, -0.05) is 75.9 Å². The van der Waals surface area contributed by atoms with Crippen LogP contribution in [0.5, 0.6) is 11.5 Å². The van der Waals surface area contributed by atoms with Crippen LogP contribution in [0.3, 0.4) is 0 Å². The monoisotopic (exact) mass is 1050 g/mol. The Labute approximate surface area is 441 Å². The maximum absolute atomic E-state index is 13.6. The van der Waals surface area contributed by atoms with Crippen LogP contribution in [0.1, 0.15) is 98.6 Å². The van der Waals surface area contributed by atoms with Crippen molar-refractivity contribution in [3.63, 3.8) is 0 Å². The smallest absolute Gasteiger partial charge is 0.419 e. The Balaban J connectivity index is 1.05. The van der Waals surface area contributed by atoms with E-state index in [0.717, 1.165) is 64.5 Å². The first-order chi connectivity index (χ1) is 35.9. The topological polar surface area (TPSA) is 219 Å². The number of nitrogens with one attached hydrogen (secondary N) is 4. The van der Waals surface area contributed by atoms with E-state index in [4.69, 9.17) is 18.3 Å². The summed E-state index contributed by atoms with van der Waals surface area (Å²) in [5.41, 5.74) is 3.57. The van der Waals surface area contributed by atoms with Gasteiger partial charge in [-0.05, 0) is 139 Å². The van der Waals surface area contributed by atoms with Crippen LogP contribution in [0.25, 0.3) is 22.9 Å². The summed E-state index contributed by atoms with van der Waals surface area (Å²) in [4.78, 5) is 56.5. The molecule has 0 saturated carbocycles. The third kappa shape index (κ3) is 17.7. The van der Waals surface area contributed by atoms with Crippen LogP contribution in [0, 0.1) is 0 Å². The van der Waals surface area contributed by atoms with Crippen molar-refractivity contribution in [3.05, 3.63) is 120 Å². The second-order valence-electron chi connectivity index (χ2n) is 17.8. The van der Waals surface area contributed by atoms with E-state index in [1.54, 1.807) is 97.1 Å². The van der Waals surface area contributed by atoms with Crippen molar-refractivity contribution in [2.24, 2.45) is 0 Å². The Hall–Kier alpha value is -6.74. The number of anilines is 2. The maximum atomic E-state index is 13.6. The van der Waals surface area contributed by atoms with Crippen LogP contribution >= 0.6 is 23.5 Å². The quantitative estimate of drug-likeness (QED) is 0.0155. The van der Waals surface area contributed by atoms with E-state index in [0.29, 0.717) is 58.2 Å². The number of esters is 2. The van der Waals surface area contributed by atoms with Gasteiger partial charge in [-0.3, -0.25) is 0 Å². The van der Waals surface area contributed by atoms with Gasteiger partial charge < -0.3 is 49.4 Å². The van der Waals surface area contributed by atoms with Gasteiger partial charge in [0.25, 0.3) is 0 Å². The van der Waals surface area contributed by atoms with Crippen LogP contribution < -0.4 is 30.7 Å². The molecule has 2 aromatic heterocycles. The Morgan fingerprint density at radius 2 is 0.892 bits per heavy atom. The van der Waals surface area contributed by atoms with Gasteiger partial charge in [0.05, 0.1) is 0 Å². The van der Waals surface area contributed by atoms with Gasteiger partial charge in [0.15, 0.2) is 0 Å². The van der Waals surface area contributed by atoms with Crippen LogP contribution in [0.4, 0.5) is 21.0 Å². The number of urea groups is 2. The number of amides is 4.